The second-order valence-corrected chi connectivity index (χ2v) is 8.77. The van der Waals surface area contributed by atoms with E-state index in [1.54, 1.807) is 17.1 Å². The lowest BCUT2D eigenvalue weighted by atomic mass is 10.3. The van der Waals surface area contributed by atoms with E-state index >= 15 is 0 Å². The first-order chi connectivity index (χ1) is 15.4. The van der Waals surface area contributed by atoms with Crippen molar-refractivity contribution in [3.8, 4) is 0 Å². The van der Waals surface area contributed by atoms with E-state index in [1.165, 1.54) is 25.6 Å². The summed E-state index contributed by atoms with van der Waals surface area (Å²) in [6.45, 7) is 3.21. The topological polar surface area (TPSA) is 137 Å². The highest BCUT2D eigenvalue weighted by Gasteiger charge is 2.41. The summed E-state index contributed by atoms with van der Waals surface area (Å²) in [6.07, 6.45) is 1.52. The van der Waals surface area contributed by atoms with Crippen molar-refractivity contribution in [3.05, 3.63) is 54.6 Å². The van der Waals surface area contributed by atoms with Crippen molar-refractivity contribution in [1.82, 2.24) is 15.5 Å². The minimum absolute atomic E-state index is 0.0367. The third-order valence-corrected chi connectivity index (χ3v) is 5.99. The summed E-state index contributed by atoms with van der Waals surface area (Å²) in [4.78, 5) is 11.3. The van der Waals surface area contributed by atoms with Gasteiger partial charge < -0.3 is 20.3 Å². The predicted molar refractivity (Wildman–Crippen MR) is 124 cm³/mol. The van der Waals surface area contributed by atoms with Gasteiger partial charge in [0.05, 0.1) is 22.6 Å². The van der Waals surface area contributed by atoms with Gasteiger partial charge in [-0.2, -0.15) is 9.98 Å². The number of nitrogens with two attached hydrogens (primary N) is 1. The fourth-order valence-electron chi connectivity index (χ4n) is 3.46. The Kier molecular flexibility index (Phi) is 6.28. The van der Waals surface area contributed by atoms with E-state index in [0.717, 1.165) is 31.9 Å². The third-order valence-electron chi connectivity index (χ3n) is 5.08. The Morgan fingerprint density at radius 1 is 1.16 bits per heavy atom. The second kappa shape index (κ2) is 9.12. The Bertz CT molecular complexity index is 1100. The number of hydrogen-bond acceptors (Lipinski definition) is 10. The normalized spacial score (nSPS) is 20.9. The molecule has 0 radical (unpaired) electrons. The molecule has 2 heterocycles. The first-order valence-electron chi connectivity index (χ1n) is 10.1. The average molecular weight is 459 g/mol. The Morgan fingerprint density at radius 3 is 2.59 bits per heavy atom. The van der Waals surface area contributed by atoms with Crippen LogP contribution in [0.4, 0.5) is 11.4 Å². The average Bonchev–Trinajstić information content (AvgIpc) is 2.83. The molecule has 1 atom stereocenters. The van der Waals surface area contributed by atoms with Gasteiger partial charge in [-0.25, -0.2) is 18.6 Å². The molecule has 170 valence electrons. The van der Waals surface area contributed by atoms with E-state index in [2.05, 4.69) is 26.0 Å². The monoisotopic (exact) mass is 458 g/mol. The molecule has 2 aliphatic heterocycles. The molecule has 0 spiro atoms. The van der Waals surface area contributed by atoms with Crippen LogP contribution in [0.2, 0.25) is 0 Å². The van der Waals surface area contributed by atoms with Crippen molar-refractivity contribution >= 4 is 33.7 Å². The van der Waals surface area contributed by atoms with Crippen LogP contribution < -0.4 is 26.2 Å². The number of rotatable bonds is 6. The van der Waals surface area contributed by atoms with Crippen LogP contribution in [0.1, 0.15) is 0 Å². The highest BCUT2D eigenvalue weighted by molar-refractivity contribution is 7.89. The minimum Gasteiger partial charge on any atom is -0.340 e. The van der Waals surface area contributed by atoms with Crippen LogP contribution in [-0.2, 0) is 14.8 Å². The number of sulfonamides is 1. The standard InChI is InChI=1S/C20H26N8O3S/c1-31-20(24-15-23-19(25-20)27-12-10-22-11-13-27)28(26-16-6-3-2-4-7-16)17-8-5-9-18(14-17)32(21,29)30/h2-9,14-15,22,26H,10-13H2,1H3,(H2,21,29,30)(H,23,24,25). The molecule has 4 rings (SSSR count). The number of benzene rings is 2. The number of hydrazine groups is 1. The second-order valence-electron chi connectivity index (χ2n) is 7.21. The lowest BCUT2D eigenvalue weighted by molar-refractivity contribution is 0.00389. The van der Waals surface area contributed by atoms with Gasteiger partial charge >= 0.3 is 5.97 Å². The van der Waals surface area contributed by atoms with E-state index in [9.17, 15) is 8.42 Å². The van der Waals surface area contributed by atoms with Crippen LogP contribution in [0.3, 0.4) is 0 Å². The zero-order chi connectivity index (χ0) is 22.6. The van der Waals surface area contributed by atoms with Gasteiger partial charge in [0.25, 0.3) is 0 Å². The molecule has 0 bridgehead atoms. The van der Waals surface area contributed by atoms with E-state index in [0.29, 0.717) is 11.6 Å². The maximum atomic E-state index is 12.0. The summed E-state index contributed by atoms with van der Waals surface area (Å²) in [5, 5.41) is 13.3. The van der Waals surface area contributed by atoms with E-state index in [1.807, 2.05) is 30.3 Å². The molecule has 0 aromatic heterocycles. The van der Waals surface area contributed by atoms with Gasteiger partial charge in [-0.15, -0.1) is 0 Å². The molecule has 12 heteroatoms. The van der Waals surface area contributed by atoms with Crippen LogP contribution in [-0.4, -0.2) is 64.9 Å². The number of para-hydroxylation sites is 1. The number of hydrogen-bond donors (Lipinski definition) is 4. The van der Waals surface area contributed by atoms with Gasteiger partial charge in [-0.1, -0.05) is 24.3 Å². The predicted octanol–water partition coefficient (Wildman–Crippen LogP) is 0.318. The van der Waals surface area contributed by atoms with Crippen LogP contribution in [0.15, 0.2) is 69.5 Å². The number of aliphatic imine (C=N–C) groups is 2. The Hall–Kier alpha value is -3.19. The molecule has 1 fully saturated rings. The van der Waals surface area contributed by atoms with Gasteiger partial charge in [-0.3, -0.25) is 5.43 Å². The van der Waals surface area contributed by atoms with Gasteiger partial charge in [0.1, 0.15) is 0 Å². The fraction of sp³-hybridized carbons (Fsp3) is 0.300. The van der Waals surface area contributed by atoms with Crippen molar-refractivity contribution in [2.75, 3.05) is 43.7 Å². The highest BCUT2D eigenvalue weighted by Crippen LogP contribution is 2.31. The first kappa shape index (κ1) is 22.0. The SMILES string of the molecule is COC1(N(Nc2ccccc2)c2cccc(S(N)(=O)=O)c2)N=CNC(N2CCNCC2)=N1. The van der Waals surface area contributed by atoms with E-state index < -0.39 is 16.0 Å². The maximum Gasteiger partial charge on any atom is 0.367 e. The number of methoxy groups -OCH3 is 1. The van der Waals surface area contributed by atoms with E-state index in [-0.39, 0.29) is 4.90 Å². The van der Waals surface area contributed by atoms with E-state index in [4.69, 9.17) is 14.9 Å². The number of nitrogens with one attached hydrogen (secondary N) is 3. The zero-order valence-electron chi connectivity index (χ0n) is 17.6. The quantitative estimate of drug-likeness (QED) is 0.359. The molecule has 11 nitrogen and oxygen atoms in total. The Labute approximate surface area is 187 Å². The number of nitrogens with zero attached hydrogens (tertiary/aromatic N) is 4. The maximum absolute atomic E-state index is 12.0. The van der Waals surface area contributed by atoms with Crippen molar-refractivity contribution in [3.63, 3.8) is 0 Å². The molecule has 32 heavy (non-hydrogen) atoms. The van der Waals surface area contributed by atoms with Crippen molar-refractivity contribution in [2.45, 2.75) is 10.9 Å². The van der Waals surface area contributed by atoms with Gasteiger partial charge in [0, 0.05) is 33.3 Å². The van der Waals surface area contributed by atoms with Crippen molar-refractivity contribution in [1.29, 1.82) is 0 Å². The molecule has 5 N–H and O–H groups in total. The van der Waals surface area contributed by atoms with Crippen molar-refractivity contribution < 1.29 is 13.2 Å². The number of anilines is 2. The zero-order valence-corrected chi connectivity index (χ0v) is 18.4. The van der Waals surface area contributed by atoms with Crippen LogP contribution in [0, 0.1) is 0 Å². The Balaban J connectivity index is 1.80. The number of guanidine groups is 1. The third kappa shape index (κ3) is 4.67. The van der Waals surface area contributed by atoms with Crippen LogP contribution >= 0.6 is 0 Å². The van der Waals surface area contributed by atoms with Gasteiger partial charge in [-0.05, 0) is 30.3 Å². The lowest BCUT2D eigenvalue weighted by Gasteiger charge is -2.41. The summed E-state index contributed by atoms with van der Waals surface area (Å²) in [5.74, 6) is -0.941. The number of primary sulfonamides is 1. The first-order valence-corrected chi connectivity index (χ1v) is 11.6. The molecule has 0 aliphatic carbocycles. The summed E-state index contributed by atoms with van der Waals surface area (Å²) in [7, 11) is -2.42. The van der Waals surface area contributed by atoms with Gasteiger partial charge in [0.2, 0.25) is 16.0 Å². The Morgan fingerprint density at radius 2 is 1.91 bits per heavy atom. The molecule has 0 saturated carbocycles. The molecule has 2 aromatic carbocycles. The molecule has 0 amide bonds. The number of piperazine rings is 1. The molecular formula is C20H26N8O3S. The minimum atomic E-state index is -3.91. The molecule has 1 saturated heterocycles. The largest absolute Gasteiger partial charge is 0.367 e. The van der Waals surface area contributed by atoms with Crippen LogP contribution in [0.25, 0.3) is 0 Å². The fourth-order valence-corrected chi connectivity index (χ4v) is 4.01. The molecule has 1 unspecified atom stereocenters. The smallest absolute Gasteiger partial charge is 0.340 e. The summed E-state index contributed by atoms with van der Waals surface area (Å²) < 4.78 is 29.8. The molecule has 2 aromatic rings. The summed E-state index contributed by atoms with van der Waals surface area (Å²) in [5.41, 5.74) is 4.43. The summed E-state index contributed by atoms with van der Waals surface area (Å²) in [6, 6.07) is 15.6. The number of ether oxygens (including phenoxy) is 1. The summed E-state index contributed by atoms with van der Waals surface area (Å²) >= 11 is 0. The highest BCUT2D eigenvalue weighted by atomic mass is 32.2. The lowest BCUT2D eigenvalue weighted by Crippen LogP contribution is -2.58. The van der Waals surface area contributed by atoms with Crippen molar-refractivity contribution in [2.24, 2.45) is 15.1 Å². The molecular weight excluding hydrogens is 432 g/mol. The van der Waals surface area contributed by atoms with Gasteiger partial charge in [0.15, 0.2) is 0 Å². The van der Waals surface area contributed by atoms with Crippen LogP contribution in [0.5, 0.6) is 0 Å². The molecule has 2 aliphatic rings.